The maximum atomic E-state index is 13.2. The maximum Gasteiger partial charge on any atom is 0.338 e. The van der Waals surface area contributed by atoms with E-state index < -0.39 is 17.5 Å². The lowest BCUT2D eigenvalue weighted by atomic mass is 10.0. The van der Waals surface area contributed by atoms with E-state index in [1.807, 2.05) is 6.07 Å². The number of carbonyl (C=O) groups excluding carboxylic acids is 3. The van der Waals surface area contributed by atoms with Crippen LogP contribution in [0.5, 0.6) is 0 Å². The molecule has 7 heteroatoms. The Labute approximate surface area is 175 Å². The molecular formula is C23H24N2O5. The van der Waals surface area contributed by atoms with E-state index in [9.17, 15) is 14.4 Å². The summed E-state index contributed by atoms with van der Waals surface area (Å²) in [6, 6.07) is 15.5. The summed E-state index contributed by atoms with van der Waals surface area (Å²) in [6.45, 7) is 5.61. The lowest BCUT2D eigenvalue weighted by Gasteiger charge is -2.32. The number of para-hydroxylation sites is 1. The van der Waals surface area contributed by atoms with E-state index in [0.29, 0.717) is 23.5 Å². The largest absolute Gasteiger partial charge is 0.464 e. The molecule has 0 aliphatic carbocycles. The first-order valence-corrected chi connectivity index (χ1v) is 9.74. The molecule has 0 saturated carbocycles. The summed E-state index contributed by atoms with van der Waals surface area (Å²) in [4.78, 5) is 39.2. The van der Waals surface area contributed by atoms with Crippen molar-refractivity contribution in [2.24, 2.45) is 0 Å². The number of amides is 1. The normalized spacial score (nSPS) is 18.0. The van der Waals surface area contributed by atoms with E-state index in [-0.39, 0.29) is 18.2 Å². The number of benzene rings is 2. The fourth-order valence-corrected chi connectivity index (χ4v) is 3.28. The second-order valence-electron chi connectivity index (χ2n) is 6.82. The number of hydrogen-bond donors (Lipinski definition) is 1. The molecule has 0 bridgehead atoms. The summed E-state index contributed by atoms with van der Waals surface area (Å²) in [5.74, 6) is -1.28. The van der Waals surface area contributed by atoms with Crippen LogP contribution in [0.25, 0.3) is 0 Å². The Kier molecular flexibility index (Phi) is 6.20. The maximum absolute atomic E-state index is 13.2. The molecule has 0 aromatic heterocycles. The van der Waals surface area contributed by atoms with Gasteiger partial charge < -0.3 is 14.8 Å². The van der Waals surface area contributed by atoms with Crippen molar-refractivity contribution in [3.63, 3.8) is 0 Å². The fourth-order valence-electron chi connectivity index (χ4n) is 3.28. The fraction of sp³-hybridized carbons (Fsp3) is 0.261. The molecule has 1 aliphatic rings. The van der Waals surface area contributed by atoms with Gasteiger partial charge in [-0.05, 0) is 63.2 Å². The molecule has 0 spiro atoms. The summed E-state index contributed by atoms with van der Waals surface area (Å²) < 4.78 is 10.2. The Morgan fingerprint density at radius 1 is 0.967 bits per heavy atom. The smallest absolute Gasteiger partial charge is 0.338 e. The zero-order chi connectivity index (χ0) is 21.7. The van der Waals surface area contributed by atoms with Crippen molar-refractivity contribution in [2.45, 2.75) is 26.3 Å². The van der Waals surface area contributed by atoms with E-state index >= 15 is 0 Å². The third-order valence-electron chi connectivity index (χ3n) is 4.70. The van der Waals surface area contributed by atoms with Crippen LogP contribution in [0, 0.1) is 0 Å². The van der Waals surface area contributed by atoms with Crippen LogP contribution in [0.2, 0.25) is 0 Å². The summed E-state index contributed by atoms with van der Waals surface area (Å²) in [5, 5.41) is 3.05. The average Bonchev–Trinajstić information content (AvgIpc) is 3.00. The van der Waals surface area contributed by atoms with Gasteiger partial charge in [-0.2, -0.15) is 0 Å². The lowest BCUT2D eigenvalue weighted by Crippen LogP contribution is -2.51. The van der Waals surface area contributed by atoms with Gasteiger partial charge in [0.1, 0.15) is 5.70 Å². The Bertz CT molecular complexity index is 969. The van der Waals surface area contributed by atoms with Crippen LogP contribution >= 0.6 is 0 Å². The Morgan fingerprint density at radius 3 is 2.20 bits per heavy atom. The molecule has 2 aromatic rings. The summed E-state index contributed by atoms with van der Waals surface area (Å²) in [5.41, 5.74) is 0.559. The predicted octanol–water partition coefficient (Wildman–Crippen LogP) is 3.53. The molecule has 3 rings (SSSR count). The number of nitrogens with one attached hydrogen (secondary N) is 1. The second-order valence-corrected chi connectivity index (χ2v) is 6.82. The molecule has 1 amide bonds. The summed E-state index contributed by atoms with van der Waals surface area (Å²) in [7, 11) is 0. The number of nitrogens with zero attached hydrogens (tertiary/aromatic N) is 1. The number of ether oxygens (including phenoxy) is 2. The molecule has 1 atom stereocenters. The van der Waals surface area contributed by atoms with Gasteiger partial charge in [0.05, 0.1) is 18.8 Å². The van der Waals surface area contributed by atoms with Crippen molar-refractivity contribution in [2.75, 3.05) is 23.4 Å². The highest BCUT2D eigenvalue weighted by Crippen LogP contribution is 2.35. The van der Waals surface area contributed by atoms with Crippen LogP contribution in [0.15, 0.2) is 66.4 Å². The molecule has 1 aliphatic heterocycles. The van der Waals surface area contributed by atoms with E-state index in [0.717, 1.165) is 0 Å². The van der Waals surface area contributed by atoms with E-state index in [1.54, 1.807) is 75.4 Å². The van der Waals surface area contributed by atoms with E-state index in [4.69, 9.17) is 9.47 Å². The standard InChI is InChI=1S/C23H24N2O5/c1-4-29-21(27)16-11-13-17(14-12-16)24-19-15-23(3,22(28)30-5-2)25(20(19)26)18-9-7-6-8-10-18/h6-15,24H,4-5H2,1-3H3. The Morgan fingerprint density at radius 2 is 1.60 bits per heavy atom. The monoisotopic (exact) mass is 408 g/mol. The number of carbonyl (C=O) groups is 3. The molecule has 156 valence electrons. The highest BCUT2D eigenvalue weighted by Gasteiger charge is 2.49. The van der Waals surface area contributed by atoms with Crippen molar-refractivity contribution >= 4 is 29.2 Å². The molecule has 0 fully saturated rings. The number of rotatable bonds is 7. The van der Waals surface area contributed by atoms with Gasteiger partial charge in [-0.1, -0.05) is 18.2 Å². The second kappa shape index (κ2) is 8.82. The van der Waals surface area contributed by atoms with E-state index in [1.165, 1.54) is 4.90 Å². The minimum atomic E-state index is -1.29. The third kappa shape index (κ3) is 4.05. The predicted molar refractivity (Wildman–Crippen MR) is 113 cm³/mol. The first-order chi connectivity index (χ1) is 14.4. The molecule has 1 heterocycles. The van der Waals surface area contributed by atoms with Crippen LogP contribution < -0.4 is 10.2 Å². The highest BCUT2D eigenvalue weighted by molar-refractivity contribution is 6.16. The molecular weight excluding hydrogens is 384 g/mol. The SMILES string of the molecule is CCOC(=O)c1ccc(NC2=CC(C)(C(=O)OCC)N(c3ccccc3)C2=O)cc1. The number of anilines is 2. The molecule has 7 nitrogen and oxygen atoms in total. The van der Waals surface area contributed by atoms with Crippen LogP contribution in [0.4, 0.5) is 11.4 Å². The number of hydrogen-bond acceptors (Lipinski definition) is 6. The Hall–Kier alpha value is -3.61. The zero-order valence-electron chi connectivity index (χ0n) is 17.2. The van der Waals surface area contributed by atoms with Crippen molar-refractivity contribution in [3.05, 3.63) is 71.9 Å². The first kappa shape index (κ1) is 21.1. The van der Waals surface area contributed by atoms with Crippen molar-refractivity contribution in [1.29, 1.82) is 0 Å². The van der Waals surface area contributed by atoms with Gasteiger partial charge in [0, 0.05) is 11.4 Å². The molecule has 2 aromatic carbocycles. The first-order valence-electron chi connectivity index (χ1n) is 9.74. The average molecular weight is 408 g/mol. The Balaban J connectivity index is 1.90. The van der Waals surface area contributed by atoms with Crippen LogP contribution in [0.1, 0.15) is 31.1 Å². The van der Waals surface area contributed by atoms with Gasteiger partial charge in [-0.25, -0.2) is 9.59 Å². The van der Waals surface area contributed by atoms with Crippen LogP contribution in [-0.4, -0.2) is 36.6 Å². The van der Waals surface area contributed by atoms with Gasteiger partial charge in [0.15, 0.2) is 5.54 Å². The third-order valence-corrected chi connectivity index (χ3v) is 4.70. The van der Waals surface area contributed by atoms with Gasteiger partial charge >= 0.3 is 11.9 Å². The lowest BCUT2D eigenvalue weighted by molar-refractivity contribution is -0.147. The minimum absolute atomic E-state index is 0.206. The van der Waals surface area contributed by atoms with Crippen molar-refractivity contribution in [1.82, 2.24) is 0 Å². The van der Waals surface area contributed by atoms with Crippen molar-refractivity contribution in [3.8, 4) is 0 Å². The van der Waals surface area contributed by atoms with Gasteiger partial charge in [0.2, 0.25) is 0 Å². The molecule has 0 radical (unpaired) electrons. The topological polar surface area (TPSA) is 84.9 Å². The quantitative estimate of drug-likeness (QED) is 0.706. The summed E-state index contributed by atoms with van der Waals surface area (Å²) in [6.07, 6.45) is 1.57. The molecule has 1 unspecified atom stereocenters. The molecule has 0 saturated heterocycles. The van der Waals surface area contributed by atoms with Gasteiger partial charge in [-0.15, -0.1) is 0 Å². The van der Waals surface area contributed by atoms with Crippen LogP contribution in [-0.2, 0) is 19.1 Å². The van der Waals surface area contributed by atoms with Crippen LogP contribution in [0.3, 0.4) is 0 Å². The van der Waals surface area contributed by atoms with Gasteiger partial charge in [0.25, 0.3) is 5.91 Å². The summed E-state index contributed by atoms with van der Waals surface area (Å²) >= 11 is 0. The van der Waals surface area contributed by atoms with Gasteiger partial charge in [-0.3, -0.25) is 9.69 Å². The molecule has 30 heavy (non-hydrogen) atoms. The molecule has 1 N–H and O–H groups in total. The highest BCUT2D eigenvalue weighted by atomic mass is 16.5. The number of esters is 2. The minimum Gasteiger partial charge on any atom is -0.464 e. The van der Waals surface area contributed by atoms with E-state index in [2.05, 4.69) is 5.32 Å². The zero-order valence-corrected chi connectivity index (χ0v) is 17.2. The van der Waals surface area contributed by atoms with Crippen molar-refractivity contribution < 1.29 is 23.9 Å².